The molecular formula is C9H10N4O4. The molecule has 0 spiro atoms. The number of carbonyl (C=O) groups is 3. The fourth-order valence-corrected chi connectivity index (χ4v) is 1.61. The number of hydrogen-bond donors (Lipinski definition) is 3. The number of aromatic amines is 1. The summed E-state index contributed by atoms with van der Waals surface area (Å²) in [6.07, 6.45) is 1.38. The molecule has 3 N–H and O–H groups in total. The molecule has 0 radical (unpaired) electrons. The Hall–Kier alpha value is -2.38. The molecule has 1 aliphatic heterocycles. The van der Waals surface area contributed by atoms with E-state index in [1.54, 1.807) is 0 Å². The summed E-state index contributed by atoms with van der Waals surface area (Å²) in [6, 6.07) is 0.372. The minimum Gasteiger partial charge on any atom is -0.480 e. The number of hydrogen-bond acceptors (Lipinski definition) is 4. The molecule has 1 unspecified atom stereocenters. The number of piperazine rings is 1. The average Bonchev–Trinajstić information content (AvgIpc) is 2.80. The third-order valence-corrected chi connectivity index (χ3v) is 2.46. The lowest BCUT2D eigenvalue weighted by atomic mass is 10.1. The number of carboxylic acids is 1. The molecule has 1 saturated heterocycles. The second-order valence-corrected chi connectivity index (χ2v) is 3.56. The Morgan fingerprint density at radius 3 is 2.88 bits per heavy atom. The molecule has 1 aromatic heterocycles. The molecule has 1 atom stereocenters. The standard InChI is InChI=1S/C9H10N4O4/c14-7-4-13(6(3-10-7)9(16)17)8(15)5-1-2-11-12-5/h1-2,6H,3-4H2,(H,10,14)(H,11,12)(H,16,17). The van der Waals surface area contributed by atoms with Gasteiger partial charge < -0.3 is 15.3 Å². The van der Waals surface area contributed by atoms with Crippen LogP contribution in [0.1, 0.15) is 10.5 Å². The van der Waals surface area contributed by atoms with Gasteiger partial charge in [0.2, 0.25) is 5.91 Å². The van der Waals surface area contributed by atoms with Crippen molar-refractivity contribution in [1.82, 2.24) is 20.4 Å². The number of H-pyrrole nitrogens is 1. The third kappa shape index (κ3) is 2.10. The zero-order chi connectivity index (χ0) is 12.4. The van der Waals surface area contributed by atoms with E-state index in [1.807, 2.05) is 0 Å². The fourth-order valence-electron chi connectivity index (χ4n) is 1.61. The number of carbonyl (C=O) groups excluding carboxylic acids is 2. The number of rotatable bonds is 2. The first-order chi connectivity index (χ1) is 8.09. The summed E-state index contributed by atoms with van der Waals surface area (Å²) in [5, 5.41) is 17.4. The summed E-state index contributed by atoms with van der Waals surface area (Å²) < 4.78 is 0. The zero-order valence-corrected chi connectivity index (χ0v) is 8.71. The average molecular weight is 238 g/mol. The Bertz CT molecular complexity index is 456. The van der Waals surface area contributed by atoms with Crippen molar-refractivity contribution in [2.75, 3.05) is 13.1 Å². The van der Waals surface area contributed by atoms with Crippen LogP contribution in [0.25, 0.3) is 0 Å². The number of nitrogens with zero attached hydrogens (tertiary/aromatic N) is 2. The molecule has 2 rings (SSSR count). The second kappa shape index (κ2) is 4.24. The molecule has 17 heavy (non-hydrogen) atoms. The summed E-state index contributed by atoms with van der Waals surface area (Å²) in [7, 11) is 0. The van der Waals surface area contributed by atoms with Gasteiger partial charge in [-0.3, -0.25) is 14.7 Å². The van der Waals surface area contributed by atoms with Crippen molar-refractivity contribution < 1.29 is 19.5 Å². The number of amides is 2. The molecule has 0 aliphatic carbocycles. The summed E-state index contributed by atoms with van der Waals surface area (Å²) in [6.45, 7) is -0.358. The van der Waals surface area contributed by atoms with E-state index in [0.29, 0.717) is 0 Å². The van der Waals surface area contributed by atoms with E-state index < -0.39 is 17.9 Å². The predicted molar refractivity (Wildman–Crippen MR) is 54.1 cm³/mol. The minimum absolute atomic E-state index is 0.0892. The molecule has 0 saturated carbocycles. The van der Waals surface area contributed by atoms with Crippen LogP contribution in [0.15, 0.2) is 12.3 Å². The van der Waals surface area contributed by atoms with Crippen molar-refractivity contribution in [2.24, 2.45) is 0 Å². The molecule has 1 aromatic rings. The van der Waals surface area contributed by atoms with Crippen molar-refractivity contribution in [3.8, 4) is 0 Å². The van der Waals surface area contributed by atoms with Crippen LogP contribution in [-0.2, 0) is 9.59 Å². The molecule has 0 bridgehead atoms. The fraction of sp³-hybridized carbons (Fsp3) is 0.333. The number of nitrogens with one attached hydrogen (secondary N) is 2. The zero-order valence-electron chi connectivity index (χ0n) is 8.71. The third-order valence-electron chi connectivity index (χ3n) is 2.46. The maximum atomic E-state index is 11.9. The topological polar surface area (TPSA) is 115 Å². The summed E-state index contributed by atoms with van der Waals surface area (Å²) in [5.41, 5.74) is 0.158. The van der Waals surface area contributed by atoms with Gasteiger partial charge in [-0.2, -0.15) is 5.10 Å². The summed E-state index contributed by atoms with van der Waals surface area (Å²) in [5.74, 6) is -2.09. The van der Waals surface area contributed by atoms with Crippen LogP contribution >= 0.6 is 0 Å². The summed E-state index contributed by atoms with van der Waals surface area (Å²) >= 11 is 0. The first-order valence-electron chi connectivity index (χ1n) is 4.89. The Kier molecular flexibility index (Phi) is 2.77. The molecule has 90 valence electrons. The highest BCUT2D eigenvalue weighted by Gasteiger charge is 2.35. The first kappa shape index (κ1) is 11.1. The highest BCUT2D eigenvalue weighted by atomic mass is 16.4. The highest BCUT2D eigenvalue weighted by Crippen LogP contribution is 2.09. The molecule has 1 aliphatic rings. The van der Waals surface area contributed by atoms with E-state index in [-0.39, 0.29) is 24.7 Å². The lowest BCUT2D eigenvalue weighted by Gasteiger charge is -2.32. The minimum atomic E-state index is -1.15. The van der Waals surface area contributed by atoms with E-state index in [0.717, 1.165) is 4.90 Å². The lowest BCUT2D eigenvalue weighted by Crippen LogP contribution is -2.59. The molecular weight excluding hydrogens is 228 g/mol. The number of aliphatic carboxylic acids is 1. The van der Waals surface area contributed by atoms with Crippen LogP contribution in [0.4, 0.5) is 0 Å². The molecule has 0 aromatic carbocycles. The maximum absolute atomic E-state index is 11.9. The van der Waals surface area contributed by atoms with Gasteiger partial charge in [0.15, 0.2) is 0 Å². The van der Waals surface area contributed by atoms with Crippen molar-refractivity contribution in [3.05, 3.63) is 18.0 Å². The van der Waals surface area contributed by atoms with Gasteiger partial charge in [-0.15, -0.1) is 0 Å². The van der Waals surface area contributed by atoms with Gasteiger partial charge in [0.25, 0.3) is 5.91 Å². The highest BCUT2D eigenvalue weighted by molar-refractivity contribution is 5.98. The van der Waals surface area contributed by atoms with E-state index in [2.05, 4.69) is 15.5 Å². The van der Waals surface area contributed by atoms with E-state index in [4.69, 9.17) is 5.11 Å². The Morgan fingerprint density at radius 2 is 2.29 bits per heavy atom. The quantitative estimate of drug-likeness (QED) is 0.576. The van der Waals surface area contributed by atoms with Crippen LogP contribution in [0.2, 0.25) is 0 Å². The van der Waals surface area contributed by atoms with Gasteiger partial charge in [-0.25, -0.2) is 4.79 Å². The lowest BCUT2D eigenvalue weighted by molar-refractivity contribution is -0.144. The molecule has 2 heterocycles. The van der Waals surface area contributed by atoms with Gasteiger partial charge in [-0.1, -0.05) is 0 Å². The van der Waals surface area contributed by atoms with E-state index in [1.165, 1.54) is 12.3 Å². The van der Waals surface area contributed by atoms with Gasteiger partial charge in [0.05, 0.1) is 0 Å². The number of aromatic nitrogens is 2. The monoisotopic (exact) mass is 238 g/mol. The van der Waals surface area contributed by atoms with Gasteiger partial charge >= 0.3 is 5.97 Å². The molecule has 8 nitrogen and oxygen atoms in total. The van der Waals surface area contributed by atoms with Crippen LogP contribution in [0, 0.1) is 0 Å². The molecule has 8 heteroatoms. The predicted octanol–water partition coefficient (Wildman–Crippen LogP) is -1.57. The van der Waals surface area contributed by atoms with E-state index >= 15 is 0 Å². The molecule has 2 amide bonds. The smallest absolute Gasteiger partial charge is 0.328 e. The second-order valence-electron chi connectivity index (χ2n) is 3.56. The van der Waals surface area contributed by atoms with Crippen LogP contribution in [-0.4, -0.2) is 57.1 Å². The normalized spacial score (nSPS) is 19.9. The Morgan fingerprint density at radius 1 is 1.53 bits per heavy atom. The van der Waals surface area contributed by atoms with Gasteiger partial charge in [0.1, 0.15) is 18.3 Å². The van der Waals surface area contributed by atoms with Crippen LogP contribution < -0.4 is 5.32 Å². The van der Waals surface area contributed by atoms with Crippen molar-refractivity contribution >= 4 is 17.8 Å². The van der Waals surface area contributed by atoms with Crippen LogP contribution in [0.3, 0.4) is 0 Å². The largest absolute Gasteiger partial charge is 0.480 e. The Labute approximate surface area is 95.6 Å². The maximum Gasteiger partial charge on any atom is 0.328 e. The van der Waals surface area contributed by atoms with Gasteiger partial charge in [0, 0.05) is 12.7 Å². The van der Waals surface area contributed by atoms with Gasteiger partial charge in [-0.05, 0) is 6.07 Å². The van der Waals surface area contributed by atoms with E-state index in [9.17, 15) is 14.4 Å². The molecule has 1 fully saturated rings. The SMILES string of the molecule is O=C1CN(C(=O)c2ccn[nH]2)C(C(=O)O)CN1. The summed E-state index contributed by atoms with van der Waals surface area (Å²) in [4.78, 5) is 35.1. The van der Waals surface area contributed by atoms with Crippen molar-refractivity contribution in [2.45, 2.75) is 6.04 Å². The first-order valence-corrected chi connectivity index (χ1v) is 4.89. The van der Waals surface area contributed by atoms with Crippen molar-refractivity contribution in [1.29, 1.82) is 0 Å². The van der Waals surface area contributed by atoms with Crippen molar-refractivity contribution in [3.63, 3.8) is 0 Å². The Balaban J connectivity index is 2.23. The number of carboxylic acid groups (broad SMARTS) is 1. The van der Waals surface area contributed by atoms with Crippen LogP contribution in [0.5, 0.6) is 0 Å².